The number of fused-ring (bicyclic) bond motifs is 1. The van der Waals surface area contributed by atoms with Crippen LogP contribution in [0, 0.1) is 5.92 Å². The van der Waals surface area contributed by atoms with E-state index in [4.69, 9.17) is 16.2 Å². The third-order valence-corrected chi connectivity index (χ3v) is 8.11. The molecule has 1 fully saturated rings. The minimum atomic E-state index is -1.24. The third kappa shape index (κ3) is 7.16. The first-order valence-electron chi connectivity index (χ1n) is 12.6. The van der Waals surface area contributed by atoms with Crippen molar-refractivity contribution < 1.29 is 14.3 Å². The minimum absolute atomic E-state index is 0.195. The van der Waals surface area contributed by atoms with E-state index in [9.17, 15) is 9.59 Å². The number of hydrogen-bond acceptors (Lipinski definition) is 8. The maximum Gasteiger partial charge on any atom is 0.314 e. The molecule has 2 aromatic rings. The zero-order chi connectivity index (χ0) is 27.3. The van der Waals surface area contributed by atoms with Crippen molar-refractivity contribution >= 4 is 48.0 Å². The fraction of sp³-hybridized carbons (Fsp3) is 0.560. The van der Waals surface area contributed by atoms with E-state index in [1.165, 1.54) is 6.20 Å². The number of amides is 2. The number of carbonyl (C=O) groups excluding carboxylic acids is 2. The number of nitrogen functional groups attached to an aromatic ring is 1. The number of hydrogen-bond donors (Lipinski definition) is 3. The van der Waals surface area contributed by atoms with Crippen LogP contribution in [0.2, 0.25) is 25.7 Å². The number of allylic oxidation sites excluding steroid dienone is 1. The van der Waals surface area contributed by atoms with E-state index >= 15 is 0 Å². The van der Waals surface area contributed by atoms with Gasteiger partial charge in [0.2, 0.25) is 0 Å². The van der Waals surface area contributed by atoms with E-state index in [0.29, 0.717) is 47.6 Å². The van der Waals surface area contributed by atoms with Crippen LogP contribution >= 0.6 is 0 Å². The van der Waals surface area contributed by atoms with E-state index in [1.54, 1.807) is 35.8 Å². The zero-order valence-corrected chi connectivity index (χ0v) is 23.7. The predicted molar refractivity (Wildman–Crippen MR) is 150 cm³/mol. The average molecular weight is 529 g/mol. The summed E-state index contributed by atoms with van der Waals surface area (Å²) < 4.78 is 7.48. The Bertz CT molecular complexity index is 1200. The van der Waals surface area contributed by atoms with Crippen molar-refractivity contribution in [1.29, 1.82) is 0 Å². The summed E-state index contributed by atoms with van der Waals surface area (Å²) in [5.41, 5.74) is 14.1. The molecule has 1 saturated heterocycles. The molecular weight excluding hydrogens is 488 g/mol. The van der Waals surface area contributed by atoms with Crippen molar-refractivity contribution in [3.8, 4) is 0 Å². The molecule has 0 unspecified atom stereocenters. The Morgan fingerprint density at radius 1 is 1.30 bits per heavy atom. The van der Waals surface area contributed by atoms with Crippen LogP contribution < -0.4 is 16.8 Å². The molecule has 0 radical (unpaired) electrons. The molecule has 0 spiro atoms. The molecule has 1 aliphatic heterocycles. The highest BCUT2D eigenvalue weighted by Gasteiger charge is 2.35. The first-order valence-corrected chi connectivity index (χ1v) is 16.3. The Morgan fingerprint density at radius 2 is 2.03 bits per heavy atom. The third-order valence-electron chi connectivity index (χ3n) is 6.41. The maximum absolute atomic E-state index is 13.4. The Morgan fingerprint density at radius 3 is 2.68 bits per heavy atom. The van der Waals surface area contributed by atoms with Crippen molar-refractivity contribution in [3.05, 3.63) is 24.2 Å². The molecule has 1 aliphatic rings. The lowest BCUT2D eigenvalue weighted by Crippen LogP contribution is -2.53. The van der Waals surface area contributed by atoms with Crippen LogP contribution in [0.4, 0.5) is 11.5 Å². The van der Waals surface area contributed by atoms with Gasteiger partial charge in [-0.1, -0.05) is 26.6 Å². The molecule has 2 atom stereocenters. The van der Waals surface area contributed by atoms with E-state index < -0.39 is 19.9 Å². The number of aliphatic imine (C=N–C) groups is 1. The fourth-order valence-electron chi connectivity index (χ4n) is 4.37. The van der Waals surface area contributed by atoms with Gasteiger partial charge in [0.15, 0.2) is 0 Å². The largest absolute Gasteiger partial charge is 0.402 e. The summed E-state index contributed by atoms with van der Waals surface area (Å²) in [6.07, 6.45) is 6.41. The summed E-state index contributed by atoms with van der Waals surface area (Å²) >= 11 is 0. The zero-order valence-electron chi connectivity index (χ0n) is 22.7. The number of pyridine rings is 1. The van der Waals surface area contributed by atoms with Crippen molar-refractivity contribution in [2.75, 3.05) is 31.2 Å². The molecule has 0 aromatic carbocycles. The lowest BCUT2D eigenvalue weighted by atomic mass is 9.91. The second-order valence-corrected chi connectivity index (χ2v) is 16.6. The number of aromatic nitrogens is 3. The molecule has 2 amide bonds. The molecule has 0 aliphatic carbocycles. The number of nitrogens with one attached hydrogen (secondary N) is 1. The summed E-state index contributed by atoms with van der Waals surface area (Å²) in [5.74, 6) is -0.856. The molecular formula is C25H40N8O3Si. The Labute approximate surface area is 219 Å². The lowest BCUT2D eigenvalue weighted by molar-refractivity contribution is -0.145. The van der Waals surface area contributed by atoms with Crippen LogP contribution in [-0.2, 0) is 21.1 Å². The first-order chi connectivity index (χ1) is 17.4. The summed E-state index contributed by atoms with van der Waals surface area (Å²) in [5, 5.41) is 7.70. The van der Waals surface area contributed by atoms with E-state index in [1.807, 2.05) is 0 Å². The molecule has 12 heteroatoms. The van der Waals surface area contributed by atoms with Gasteiger partial charge >= 0.3 is 11.8 Å². The fourth-order valence-corrected chi connectivity index (χ4v) is 5.13. The Hall–Kier alpha value is -3.25. The summed E-state index contributed by atoms with van der Waals surface area (Å²) in [6, 6.07) is 0.693. The van der Waals surface area contributed by atoms with Gasteiger partial charge in [0, 0.05) is 34.0 Å². The van der Waals surface area contributed by atoms with Gasteiger partial charge in [0.25, 0.3) is 0 Å². The molecule has 37 heavy (non-hydrogen) atoms. The summed E-state index contributed by atoms with van der Waals surface area (Å²) in [4.78, 5) is 36.8. The molecule has 0 bridgehead atoms. The number of anilines is 2. The number of likely N-dealkylation sites (tertiary alicyclic amines) is 1. The minimum Gasteiger partial charge on any atom is -0.402 e. The van der Waals surface area contributed by atoms with Crippen LogP contribution in [0.5, 0.6) is 0 Å². The lowest BCUT2D eigenvalue weighted by Gasteiger charge is -2.38. The quantitative estimate of drug-likeness (QED) is 0.206. The van der Waals surface area contributed by atoms with E-state index in [2.05, 4.69) is 47.0 Å². The molecule has 5 N–H and O–H groups in total. The van der Waals surface area contributed by atoms with Crippen LogP contribution in [-0.4, -0.2) is 71.5 Å². The Kier molecular flexibility index (Phi) is 9.08. The predicted octanol–water partition coefficient (Wildman–Crippen LogP) is 2.82. The van der Waals surface area contributed by atoms with Crippen LogP contribution in [0.15, 0.2) is 29.2 Å². The topological polar surface area (TPSA) is 154 Å². The number of piperidine rings is 1. The highest BCUT2D eigenvalue weighted by atomic mass is 28.3. The first kappa shape index (κ1) is 28.3. The Balaban J connectivity index is 1.83. The number of rotatable bonds is 8. The molecule has 2 aromatic heterocycles. The highest BCUT2D eigenvalue weighted by molar-refractivity contribution is 6.76. The number of nitrogens with two attached hydrogens (primary N) is 2. The van der Waals surface area contributed by atoms with Crippen molar-refractivity contribution in [3.63, 3.8) is 0 Å². The smallest absolute Gasteiger partial charge is 0.314 e. The number of nitrogens with zero attached hydrogens (tertiary/aromatic N) is 5. The van der Waals surface area contributed by atoms with Gasteiger partial charge in [0.05, 0.1) is 40.7 Å². The summed E-state index contributed by atoms with van der Waals surface area (Å²) in [6.45, 7) is 12.0. The molecule has 3 rings (SSSR count). The number of ether oxygens (including phenoxy) is 1. The highest BCUT2D eigenvalue weighted by Crippen LogP contribution is 2.28. The summed E-state index contributed by atoms with van der Waals surface area (Å²) in [7, 11) is 0.428. The van der Waals surface area contributed by atoms with Gasteiger partial charge in [0.1, 0.15) is 12.5 Å². The SMILES string of the molecule is CN=C(C=C(C)N)[C@H]1CC[C@H](C)CN1C(=O)C(=O)Nc1cnc(N)c2cnn(COCC[Si](C)(C)C)c12. The van der Waals surface area contributed by atoms with Gasteiger partial charge in [-0.2, -0.15) is 5.10 Å². The second-order valence-electron chi connectivity index (χ2n) is 11.0. The monoisotopic (exact) mass is 528 g/mol. The van der Waals surface area contributed by atoms with Gasteiger partial charge in [-0.3, -0.25) is 14.6 Å². The molecule has 11 nitrogen and oxygen atoms in total. The molecule has 3 heterocycles. The average Bonchev–Trinajstić information content (AvgIpc) is 3.26. The van der Waals surface area contributed by atoms with Gasteiger partial charge in [-0.15, -0.1) is 0 Å². The second kappa shape index (κ2) is 11.9. The van der Waals surface area contributed by atoms with Crippen molar-refractivity contribution in [2.24, 2.45) is 16.6 Å². The maximum atomic E-state index is 13.4. The van der Waals surface area contributed by atoms with Crippen LogP contribution in [0.25, 0.3) is 10.9 Å². The van der Waals surface area contributed by atoms with Gasteiger partial charge in [-0.25, -0.2) is 9.67 Å². The molecule has 0 saturated carbocycles. The van der Waals surface area contributed by atoms with Crippen molar-refractivity contribution in [2.45, 2.75) is 65.1 Å². The standard InChI is InChI=1S/C25H40N8O3Si/c1-16-7-8-21(19(28-3)11-17(2)26)32(14-16)25(35)24(34)31-20-13-29-23(27)18-12-30-33(22(18)20)15-36-9-10-37(4,5)6/h11-13,16,21H,7-10,14-15,26H2,1-6H3,(H2,27,29)(H,31,34)/t16-,21+/m0/s1. The van der Waals surface area contributed by atoms with Gasteiger partial charge < -0.3 is 26.4 Å². The molecule has 202 valence electrons. The van der Waals surface area contributed by atoms with Crippen LogP contribution in [0.3, 0.4) is 0 Å². The van der Waals surface area contributed by atoms with Gasteiger partial charge in [-0.05, 0) is 37.8 Å². The van der Waals surface area contributed by atoms with E-state index in [0.717, 1.165) is 12.5 Å². The van der Waals surface area contributed by atoms with Crippen LogP contribution in [0.1, 0.15) is 26.7 Å². The van der Waals surface area contributed by atoms with Crippen molar-refractivity contribution in [1.82, 2.24) is 19.7 Å². The van der Waals surface area contributed by atoms with E-state index in [-0.39, 0.29) is 24.5 Å². The number of carbonyl (C=O) groups is 2. The normalized spacial score (nSPS) is 19.4.